The highest BCUT2D eigenvalue weighted by Crippen LogP contribution is 2.17. The minimum absolute atomic E-state index is 0.0939. The van der Waals surface area contributed by atoms with Gasteiger partial charge in [0.2, 0.25) is 11.8 Å². The number of aromatic nitrogens is 2. The minimum Gasteiger partial charge on any atom is -0.466 e. The predicted octanol–water partition coefficient (Wildman–Crippen LogP) is 0.592. The second-order valence-electron chi connectivity index (χ2n) is 5.00. The Bertz CT molecular complexity index is 502. The lowest BCUT2D eigenvalue weighted by atomic mass is 9.98. The van der Waals surface area contributed by atoms with E-state index >= 15 is 0 Å². The standard InChI is InChI=1S/C13H20N4O4/c1-3-20-12(19)10-5-4-6-17(7-10)8-11(18)14-13-16-15-9(2)21-13/h10H,3-8H2,1-2H3,(H,14,16,18)/t10-/m0/s1. The fourth-order valence-corrected chi connectivity index (χ4v) is 2.36. The number of hydrogen-bond acceptors (Lipinski definition) is 7. The first-order valence-electron chi connectivity index (χ1n) is 7.07. The molecule has 1 amide bonds. The van der Waals surface area contributed by atoms with E-state index in [1.54, 1.807) is 13.8 Å². The number of piperidine rings is 1. The van der Waals surface area contributed by atoms with Crippen LogP contribution in [-0.2, 0) is 14.3 Å². The molecule has 21 heavy (non-hydrogen) atoms. The topological polar surface area (TPSA) is 97.6 Å². The second kappa shape index (κ2) is 7.16. The number of rotatable bonds is 5. The third-order valence-electron chi connectivity index (χ3n) is 3.27. The lowest BCUT2D eigenvalue weighted by Gasteiger charge is -2.30. The van der Waals surface area contributed by atoms with Crippen molar-refractivity contribution in [2.45, 2.75) is 26.7 Å². The van der Waals surface area contributed by atoms with Crippen molar-refractivity contribution in [1.29, 1.82) is 0 Å². The first-order valence-corrected chi connectivity index (χ1v) is 7.07. The zero-order chi connectivity index (χ0) is 15.2. The van der Waals surface area contributed by atoms with Gasteiger partial charge in [-0.2, -0.15) is 0 Å². The quantitative estimate of drug-likeness (QED) is 0.794. The van der Waals surface area contributed by atoms with Crippen LogP contribution >= 0.6 is 0 Å². The maximum absolute atomic E-state index is 11.9. The molecule has 0 aliphatic carbocycles. The second-order valence-corrected chi connectivity index (χ2v) is 5.00. The number of ether oxygens (including phenoxy) is 1. The monoisotopic (exact) mass is 296 g/mol. The Hall–Kier alpha value is -1.96. The van der Waals surface area contributed by atoms with Gasteiger partial charge in [-0.3, -0.25) is 19.8 Å². The molecule has 0 bridgehead atoms. The largest absolute Gasteiger partial charge is 0.466 e. The molecule has 1 aromatic rings. The number of carbonyl (C=O) groups is 2. The van der Waals surface area contributed by atoms with Gasteiger partial charge in [-0.1, -0.05) is 5.10 Å². The number of nitrogens with zero attached hydrogens (tertiary/aromatic N) is 3. The number of likely N-dealkylation sites (tertiary alicyclic amines) is 1. The summed E-state index contributed by atoms with van der Waals surface area (Å²) >= 11 is 0. The normalized spacial score (nSPS) is 19.2. The summed E-state index contributed by atoms with van der Waals surface area (Å²) in [5.41, 5.74) is 0. The third kappa shape index (κ3) is 4.52. The lowest BCUT2D eigenvalue weighted by Crippen LogP contribution is -2.43. The number of esters is 1. The number of anilines is 1. The molecule has 0 saturated carbocycles. The van der Waals surface area contributed by atoms with Crippen molar-refractivity contribution in [3.63, 3.8) is 0 Å². The van der Waals surface area contributed by atoms with Crippen LogP contribution in [0.4, 0.5) is 6.01 Å². The molecular weight excluding hydrogens is 276 g/mol. The molecule has 2 rings (SSSR count). The number of hydrogen-bond donors (Lipinski definition) is 1. The summed E-state index contributed by atoms with van der Waals surface area (Å²) in [4.78, 5) is 25.6. The van der Waals surface area contributed by atoms with Crippen LogP contribution in [0.2, 0.25) is 0 Å². The van der Waals surface area contributed by atoms with E-state index in [0.717, 1.165) is 19.4 Å². The van der Waals surface area contributed by atoms with Gasteiger partial charge in [0.05, 0.1) is 19.1 Å². The van der Waals surface area contributed by atoms with E-state index in [9.17, 15) is 9.59 Å². The number of amides is 1. The highest BCUT2D eigenvalue weighted by atomic mass is 16.5. The van der Waals surface area contributed by atoms with Gasteiger partial charge in [-0.05, 0) is 26.3 Å². The summed E-state index contributed by atoms with van der Waals surface area (Å²) in [6, 6.07) is 0.0939. The average Bonchev–Trinajstić information content (AvgIpc) is 2.84. The van der Waals surface area contributed by atoms with Crippen LogP contribution in [0.3, 0.4) is 0 Å². The Kier molecular flexibility index (Phi) is 5.26. The molecule has 1 fully saturated rings. The van der Waals surface area contributed by atoms with Crippen molar-refractivity contribution >= 4 is 17.9 Å². The molecule has 1 saturated heterocycles. The van der Waals surface area contributed by atoms with Gasteiger partial charge < -0.3 is 9.15 Å². The van der Waals surface area contributed by atoms with Gasteiger partial charge in [0, 0.05) is 13.5 Å². The van der Waals surface area contributed by atoms with E-state index in [2.05, 4.69) is 15.5 Å². The van der Waals surface area contributed by atoms with E-state index in [1.165, 1.54) is 0 Å². The van der Waals surface area contributed by atoms with E-state index in [0.29, 0.717) is 19.0 Å². The minimum atomic E-state index is -0.233. The molecule has 0 radical (unpaired) electrons. The zero-order valence-corrected chi connectivity index (χ0v) is 12.3. The maximum atomic E-state index is 11.9. The van der Waals surface area contributed by atoms with Crippen LogP contribution < -0.4 is 5.32 Å². The molecule has 0 spiro atoms. The van der Waals surface area contributed by atoms with Crippen LogP contribution in [-0.4, -0.2) is 53.2 Å². The molecule has 1 atom stereocenters. The SMILES string of the molecule is CCOC(=O)[C@H]1CCCN(CC(=O)Nc2nnc(C)o2)C1. The zero-order valence-electron chi connectivity index (χ0n) is 12.3. The summed E-state index contributed by atoms with van der Waals surface area (Å²) in [5, 5.41) is 9.88. The van der Waals surface area contributed by atoms with E-state index < -0.39 is 0 Å². The lowest BCUT2D eigenvalue weighted by molar-refractivity contribution is -0.150. The van der Waals surface area contributed by atoms with Crippen LogP contribution in [0, 0.1) is 12.8 Å². The summed E-state index contributed by atoms with van der Waals surface area (Å²) in [7, 11) is 0. The van der Waals surface area contributed by atoms with Crippen LogP contribution in [0.1, 0.15) is 25.7 Å². The number of carbonyl (C=O) groups excluding carboxylic acids is 2. The Morgan fingerprint density at radius 2 is 2.29 bits per heavy atom. The van der Waals surface area contributed by atoms with Gasteiger partial charge in [0.15, 0.2) is 0 Å². The molecule has 8 nitrogen and oxygen atoms in total. The molecule has 1 N–H and O–H groups in total. The van der Waals surface area contributed by atoms with Crippen molar-refractivity contribution in [3.05, 3.63) is 5.89 Å². The smallest absolute Gasteiger partial charge is 0.322 e. The summed E-state index contributed by atoms with van der Waals surface area (Å²) in [6.45, 7) is 5.33. The summed E-state index contributed by atoms with van der Waals surface area (Å²) < 4.78 is 10.1. The van der Waals surface area contributed by atoms with Crippen LogP contribution in [0.25, 0.3) is 0 Å². The Balaban J connectivity index is 1.81. The van der Waals surface area contributed by atoms with E-state index in [4.69, 9.17) is 9.15 Å². The molecule has 2 heterocycles. The first-order chi connectivity index (χ1) is 10.1. The fraction of sp³-hybridized carbons (Fsp3) is 0.692. The highest BCUT2D eigenvalue weighted by molar-refractivity contribution is 5.90. The maximum Gasteiger partial charge on any atom is 0.322 e. The number of nitrogens with one attached hydrogen (secondary N) is 1. The fourth-order valence-electron chi connectivity index (χ4n) is 2.36. The Labute approximate surface area is 122 Å². The van der Waals surface area contributed by atoms with Crippen molar-refractivity contribution in [2.75, 3.05) is 31.6 Å². The van der Waals surface area contributed by atoms with Gasteiger partial charge in [-0.25, -0.2) is 0 Å². The highest BCUT2D eigenvalue weighted by Gasteiger charge is 2.27. The molecule has 1 aromatic heterocycles. The van der Waals surface area contributed by atoms with E-state index in [-0.39, 0.29) is 30.4 Å². The first kappa shape index (κ1) is 15.4. The molecule has 1 aliphatic rings. The molecule has 0 aromatic carbocycles. The predicted molar refractivity (Wildman–Crippen MR) is 73.5 cm³/mol. The van der Waals surface area contributed by atoms with Gasteiger partial charge in [-0.15, -0.1) is 5.10 Å². The third-order valence-corrected chi connectivity index (χ3v) is 3.27. The Morgan fingerprint density at radius 3 is 2.95 bits per heavy atom. The molecule has 116 valence electrons. The molecule has 0 unspecified atom stereocenters. The van der Waals surface area contributed by atoms with Crippen LogP contribution in [0.15, 0.2) is 4.42 Å². The molecule has 1 aliphatic heterocycles. The van der Waals surface area contributed by atoms with Crippen molar-refractivity contribution in [3.8, 4) is 0 Å². The van der Waals surface area contributed by atoms with Gasteiger partial charge >= 0.3 is 12.0 Å². The van der Waals surface area contributed by atoms with Crippen molar-refractivity contribution in [2.24, 2.45) is 5.92 Å². The van der Waals surface area contributed by atoms with E-state index in [1.807, 2.05) is 4.90 Å². The average molecular weight is 296 g/mol. The Morgan fingerprint density at radius 1 is 1.48 bits per heavy atom. The number of aryl methyl sites for hydroxylation is 1. The van der Waals surface area contributed by atoms with Crippen molar-refractivity contribution in [1.82, 2.24) is 15.1 Å². The molecule has 8 heteroatoms. The summed E-state index contributed by atoms with van der Waals surface area (Å²) in [5.74, 6) is -0.180. The van der Waals surface area contributed by atoms with Gasteiger partial charge in [0.25, 0.3) is 0 Å². The summed E-state index contributed by atoms with van der Waals surface area (Å²) in [6.07, 6.45) is 1.68. The van der Waals surface area contributed by atoms with Crippen LogP contribution in [0.5, 0.6) is 0 Å². The van der Waals surface area contributed by atoms with Gasteiger partial charge in [0.1, 0.15) is 0 Å². The molecular formula is C13H20N4O4. The van der Waals surface area contributed by atoms with Crippen molar-refractivity contribution < 1.29 is 18.7 Å².